The standard InChI is InChI=1S/C26H24ClFN6O/c1-2-18(35)12-16-6-9-22(28)19(13-16)24-20-15-29-33-25(20)32-26(31-24)30-17-7-8-21(27)23(14-17)34-10-4-3-5-11-34/h2,6-9,13-15H,1,3-5,10-12H2,(H2,29,30,31,32,33). The third-order valence-electron chi connectivity index (χ3n) is 6.10. The van der Waals surface area contributed by atoms with Crippen molar-refractivity contribution in [2.75, 3.05) is 23.3 Å². The average molecular weight is 491 g/mol. The van der Waals surface area contributed by atoms with Crippen LogP contribution in [0, 0.1) is 5.82 Å². The quantitative estimate of drug-likeness (QED) is 0.316. The van der Waals surface area contributed by atoms with Crippen LogP contribution >= 0.6 is 11.6 Å². The van der Waals surface area contributed by atoms with Crippen molar-refractivity contribution >= 4 is 45.7 Å². The van der Waals surface area contributed by atoms with Crippen molar-refractivity contribution in [2.45, 2.75) is 25.7 Å². The SMILES string of the molecule is C=CC(=O)Cc1ccc(F)c(-c2nc(Nc3ccc(Cl)c(N4CCCCC4)c3)nc3[nH]ncc23)c1. The normalized spacial score (nSPS) is 13.7. The van der Waals surface area contributed by atoms with Gasteiger partial charge in [-0.2, -0.15) is 10.1 Å². The lowest BCUT2D eigenvalue weighted by molar-refractivity contribution is -0.114. The molecule has 1 aliphatic heterocycles. The Balaban J connectivity index is 1.52. The number of hydrogen-bond acceptors (Lipinski definition) is 6. The summed E-state index contributed by atoms with van der Waals surface area (Å²) in [6.45, 7) is 5.44. The summed E-state index contributed by atoms with van der Waals surface area (Å²) in [5, 5.41) is 11.4. The van der Waals surface area contributed by atoms with Gasteiger partial charge in [0.25, 0.3) is 0 Å². The zero-order chi connectivity index (χ0) is 24.4. The molecule has 3 heterocycles. The lowest BCUT2D eigenvalue weighted by Gasteiger charge is -2.30. The van der Waals surface area contributed by atoms with Crippen LogP contribution in [0.15, 0.2) is 55.3 Å². The van der Waals surface area contributed by atoms with Gasteiger partial charge in [-0.25, -0.2) is 9.37 Å². The maximum Gasteiger partial charge on any atom is 0.229 e. The first-order valence-electron chi connectivity index (χ1n) is 11.5. The number of aromatic nitrogens is 4. The Morgan fingerprint density at radius 2 is 2.00 bits per heavy atom. The van der Waals surface area contributed by atoms with E-state index in [4.69, 9.17) is 11.6 Å². The Labute approximate surface area is 207 Å². The van der Waals surface area contributed by atoms with Gasteiger partial charge < -0.3 is 10.2 Å². The van der Waals surface area contributed by atoms with Crippen molar-refractivity contribution < 1.29 is 9.18 Å². The van der Waals surface area contributed by atoms with Crippen LogP contribution in [0.5, 0.6) is 0 Å². The molecule has 7 nitrogen and oxygen atoms in total. The van der Waals surface area contributed by atoms with Crippen LogP contribution < -0.4 is 10.2 Å². The van der Waals surface area contributed by atoms with Gasteiger partial charge in [-0.05, 0) is 61.2 Å². The molecule has 9 heteroatoms. The highest BCUT2D eigenvalue weighted by atomic mass is 35.5. The van der Waals surface area contributed by atoms with Gasteiger partial charge in [-0.3, -0.25) is 9.89 Å². The highest BCUT2D eigenvalue weighted by Crippen LogP contribution is 2.33. The van der Waals surface area contributed by atoms with Crippen LogP contribution in [-0.2, 0) is 11.2 Å². The number of piperidine rings is 1. The number of H-pyrrole nitrogens is 1. The third-order valence-corrected chi connectivity index (χ3v) is 6.42. The van der Waals surface area contributed by atoms with Gasteiger partial charge in [0.1, 0.15) is 5.82 Å². The van der Waals surface area contributed by atoms with Crippen molar-refractivity contribution in [1.82, 2.24) is 20.2 Å². The molecule has 0 atom stereocenters. The van der Waals surface area contributed by atoms with Gasteiger partial charge in [-0.1, -0.05) is 24.2 Å². The number of allylic oxidation sites excluding steroid dienone is 1. The second-order valence-electron chi connectivity index (χ2n) is 8.53. The number of fused-ring (bicyclic) bond motifs is 1. The fourth-order valence-corrected chi connectivity index (χ4v) is 4.57. The fraction of sp³-hybridized carbons (Fsp3) is 0.231. The second-order valence-corrected chi connectivity index (χ2v) is 8.94. The van der Waals surface area contributed by atoms with Gasteiger partial charge >= 0.3 is 0 Å². The topological polar surface area (TPSA) is 86.8 Å². The van der Waals surface area contributed by atoms with Crippen molar-refractivity contribution in [3.8, 4) is 11.3 Å². The number of nitrogens with zero attached hydrogens (tertiary/aromatic N) is 4. The second kappa shape index (κ2) is 9.84. The zero-order valence-electron chi connectivity index (χ0n) is 19.0. The Kier molecular flexibility index (Phi) is 6.46. The molecule has 2 N–H and O–H groups in total. The van der Waals surface area contributed by atoms with Crippen LogP contribution in [0.4, 0.5) is 21.7 Å². The van der Waals surface area contributed by atoms with Crippen molar-refractivity contribution in [2.24, 2.45) is 0 Å². The molecule has 0 radical (unpaired) electrons. The van der Waals surface area contributed by atoms with E-state index >= 15 is 0 Å². The minimum atomic E-state index is -0.453. The van der Waals surface area contributed by atoms with E-state index < -0.39 is 5.82 Å². The molecule has 0 aliphatic carbocycles. The van der Waals surface area contributed by atoms with Crippen molar-refractivity contribution in [3.63, 3.8) is 0 Å². The summed E-state index contributed by atoms with van der Waals surface area (Å²) in [4.78, 5) is 23.3. The molecule has 2 aromatic heterocycles. The summed E-state index contributed by atoms with van der Waals surface area (Å²) in [6, 6.07) is 10.2. The van der Waals surface area contributed by atoms with Crippen LogP contribution in [0.1, 0.15) is 24.8 Å². The van der Waals surface area contributed by atoms with Crippen LogP contribution in [-0.4, -0.2) is 39.0 Å². The highest BCUT2D eigenvalue weighted by Gasteiger charge is 2.18. The summed E-state index contributed by atoms with van der Waals surface area (Å²) in [5.41, 5.74) is 3.51. The highest BCUT2D eigenvalue weighted by molar-refractivity contribution is 6.33. The first kappa shape index (κ1) is 23.0. The van der Waals surface area contributed by atoms with E-state index in [1.165, 1.54) is 18.6 Å². The summed E-state index contributed by atoms with van der Waals surface area (Å²) < 4.78 is 14.9. The molecule has 0 spiro atoms. The van der Waals surface area contributed by atoms with E-state index in [1.54, 1.807) is 18.3 Å². The Bertz CT molecular complexity index is 1410. The molecular weight excluding hydrogens is 467 g/mol. The first-order chi connectivity index (χ1) is 17.0. The van der Waals surface area contributed by atoms with E-state index in [0.29, 0.717) is 27.3 Å². The fourth-order valence-electron chi connectivity index (χ4n) is 4.33. The molecule has 35 heavy (non-hydrogen) atoms. The van der Waals surface area contributed by atoms with Gasteiger partial charge in [0.2, 0.25) is 5.95 Å². The van der Waals surface area contributed by atoms with Gasteiger partial charge in [-0.15, -0.1) is 0 Å². The van der Waals surface area contributed by atoms with Gasteiger partial charge in [0.15, 0.2) is 11.4 Å². The summed E-state index contributed by atoms with van der Waals surface area (Å²) in [7, 11) is 0. The number of nitrogens with one attached hydrogen (secondary N) is 2. The minimum Gasteiger partial charge on any atom is -0.370 e. The van der Waals surface area contributed by atoms with Gasteiger partial charge in [0, 0.05) is 30.8 Å². The number of anilines is 3. The number of aromatic amines is 1. The maximum atomic E-state index is 14.9. The van der Waals surface area contributed by atoms with E-state index in [9.17, 15) is 9.18 Å². The number of rotatable bonds is 7. The summed E-state index contributed by atoms with van der Waals surface area (Å²) in [6.07, 6.45) is 6.46. The van der Waals surface area contributed by atoms with Crippen molar-refractivity contribution in [1.29, 1.82) is 0 Å². The van der Waals surface area contributed by atoms with Crippen LogP contribution in [0.3, 0.4) is 0 Å². The first-order valence-corrected chi connectivity index (χ1v) is 11.9. The predicted octanol–water partition coefficient (Wildman–Crippen LogP) is 5.84. The summed E-state index contributed by atoms with van der Waals surface area (Å²) in [5.74, 6) is -0.310. The number of carbonyl (C=O) groups is 1. The van der Waals surface area contributed by atoms with E-state index in [0.717, 1.165) is 37.3 Å². The Morgan fingerprint density at radius 1 is 1.17 bits per heavy atom. The molecule has 5 rings (SSSR count). The maximum absolute atomic E-state index is 14.9. The summed E-state index contributed by atoms with van der Waals surface area (Å²) >= 11 is 6.49. The zero-order valence-corrected chi connectivity index (χ0v) is 19.8. The van der Waals surface area contributed by atoms with E-state index in [2.05, 4.69) is 37.0 Å². The monoisotopic (exact) mass is 490 g/mol. The lowest BCUT2D eigenvalue weighted by Crippen LogP contribution is -2.29. The number of benzene rings is 2. The Hall–Kier alpha value is -3.78. The predicted molar refractivity (Wildman–Crippen MR) is 137 cm³/mol. The molecule has 1 saturated heterocycles. The molecule has 0 bridgehead atoms. The molecule has 0 amide bonds. The molecule has 178 valence electrons. The number of carbonyl (C=O) groups excluding carboxylic acids is 1. The average Bonchev–Trinajstić information content (AvgIpc) is 3.35. The number of hydrogen-bond donors (Lipinski definition) is 2. The molecule has 0 unspecified atom stereocenters. The van der Waals surface area contributed by atoms with Crippen LogP contribution in [0.2, 0.25) is 5.02 Å². The number of ketones is 1. The third kappa shape index (κ3) is 4.88. The van der Waals surface area contributed by atoms with Gasteiger partial charge in [0.05, 0.1) is 28.0 Å². The smallest absolute Gasteiger partial charge is 0.229 e. The molecule has 4 aromatic rings. The Morgan fingerprint density at radius 3 is 2.80 bits per heavy atom. The minimum absolute atomic E-state index is 0.131. The molecule has 1 aliphatic rings. The van der Waals surface area contributed by atoms with Crippen molar-refractivity contribution in [3.05, 3.63) is 71.7 Å². The van der Waals surface area contributed by atoms with Crippen LogP contribution in [0.25, 0.3) is 22.3 Å². The largest absolute Gasteiger partial charge is 0.370 e. The molecule has 2 aromatic carbocycles. The van der Waals surface area contributed by atoms with E-state index in [-0.39, 0.29) is 23.7 Å². The number of halogens is 2. The molecule has 1 fully saturated rings. The molecule has 0 saturated carbocycles. The molecular formula is C26H24ClFN6O. The van der Waals surface area contributed by atoms with E-state index in [1.807, 2.05) is 18.2 Å². The lowest BCUT2D eigenvalue weighted by atomic mass is 10.0.